The van der Waals surface area contributed by atoms with Gasteiger partial charge in [-0.2, -0.15) is 0 Å². The molecule has 0 saturated heterocycles. The van der Waals surface area contributed by atoms with E-state index in [1.807, 2.05) is 0 Å². The van der Waals surface area contributed by atoms with Crippen LogP contribution in [0.15, 0.2) is 24.4 Å². The lowest BCUT2D eigenvalue weighted by molar-refractivity contribution is -0.393. The Labute approximate surface area is 167 Å². The normalized spacial score (nSPS) is 10.8. The Kier molecular flexibility index (Phi) is 8.92. The van der Waals surface area contributed by atoms with Crippen LogP contribution in [0.1, 0.15) is 25.5 Å². The highest BCUT2D eigenvalue weighted by Crippen LogP contribution is 2.28. The average Bonchev–Trinajstić information content (AvgIpc) is 3.15. The third-order valence-electron chi connectivity index (χ3n) is 3.89. The Balaban J connectivity index is 1.71. The van der Waals surface area contributed by atoms with Crippen molar-refractivity contribution in [1.29, 1.82) is 0 Å². The third-order valence-corrected chi connectivity index (χ3v) is 3.89. The Morgan fingerprint density at radius 1 is 1.14 bits per heavy atom. The number of hydrogen-bond acceptors (Lipinski definition) is 9. The van der Waals surface area contributed by atoms with Crippen molar-refractivity contribution in [3.8, 4) is 0 Å². The molecule has 0 fully saturated rings. The number of non-ortho nitro benzene ring substituents is 1. The molecule has 0 unspecified atom stereocenters. The van der Waals surface area contributed by atoms with Crippen molar-refractivity contribution in [2.24, 2.45) is 0 Å². The minimum atomic E-state index is -0.676. The predicted molar refractivity (Wildman–Crippen MR) is 104 cm³/mol. The SMILES string of the molecule is CCCCOCCn1cc(COCCNc2ccc([N+](=O)[O-])cc2[N+](=O)[O-])nn1. The molecule has 0 radical (unpaired) electrons. The number of nitrogens with zero attached hydrogens (tertiary/aromatic N) is 5. The van der Waals surface area contributed by atoms with Gasteiger partial charge < -0.3 is 14.8 Å². The number of aromatic nitrogens is 3. The van der Waals surface area contributed by atoms with Crippen LogP contribution in [-0.4, -0.2) is 51.2 Å². The van der Waals surface area contributed by atoms with Gasteiger partial charge >= 0.3 is 0 Å². The summed E-state index contributed by atoms with van der Waals surface area (Å²) in [6.45, 7) is 4.83. The summed E-state index contributed by atoms with van der Waals surface area (Å²) in [7, 11) is 0. The fraction of sp³-hybridized carbons (Fsp3) is 0.529. The first-order chi connectivity index (χ1) is 14.0. The molecule has 0 spiro atoms. The van der Waals surface area contributed by atoms with Gasteiger partial charge in [-0.1, -0.05) is 18.6 Å². The van der Waals surface area contributed by atoms with E-state index in [1.165, 1.54) is 12.1 Å². The molecule has 0 atom stereocenters. The van der Waals surface area contributed by atoms with Crippen molar-refractivity contribution >= 4 is 17.1 Å². The molecule has 12 heteroatoms. The number of nitrogens with one attached hydrogen (secondary N) is 1. The van der Waals surface area contributed by atoms with E-state index in [0.717, 1.165) is 25.5 Å². The maximum absolute atomic E-state index is 11.1. The average molecular weight is 408 g/mol. The van der Waals surface area contributed by atoms with E-state index in [-0.39, 0.29) is 36.8 Å². The summed E-state index contributed by atoms with van der Waals surface area (Å²) in [4.78, 5) is 20.5. The summed E-state index contributed by atoms with van der Waals surface area (Å²) in [5, 5.41) is 32.7. The summed E-state index contributed by atoms with van der Waals surface area (Å²) in [5.74, 6) is 0. The van der Waals surface area contributed by atoms with Crippen molar-refractivity contribution in [1.82, 2.24) is 15.0 Å². The molecule has 2 aromatic rings. The van der Waals surface area contributed by atoms with Crippen LogP contribution < -0.4 is 5.32 Å². The molecule has 0 aliphatic heterocycles. The molecular formula is C17H24N6O6. The molecule has 0 aliphatic carbocycles. The maximum atomic E-state index is 11.1. The first-order valence-electron chi connectivity index (χ1n) is 9.22. The molecular weight excluding hydrogens is 384 g/mol. The van der Waals surface area contributed by atoms with Gasteiger partial charge in [0.05, 0.1) is 48.5 Å². The quantitative estimate of drug-likeness (QED) is 0.283. The second-order valence-electron chi connectivity index (χ2n) is 6.13. The van der Waals surface area contributed by atoms with Crippen LogP contribution in [0.2, 0.25) is 0 Å². The Morgan fingerprint density at radius 2 is 1.97 bits per heavy atom. The second kappa shape index (κ2) is 11.7. The number of nitro groups is 2. The van der Waals surface area contributed by atoms with E-state index in [1.54, 1.807) is 10.9 Å². The fourth-order valence-electron chi connectivity index (χ4n) is 2.39. The van der Waals surface area contributed by atoms with Crippen LogP contribution in [-0.2, 0) is 22.6 Å². The smallest absolute Gasteiger partial charge is 0.299 e. The first kappa shape index (κ1) is 22.2. The third kappa shape index (κ3) is 7.43. The van der Waals surface area contributed by atoms with Gasteiger partial charge in [0.25, 0.3) is 11.4 Å². The van der Waals surface area contributed by atoms with Crippen LogP contribution in [0.3, 0.4) is 0 Å². The number of ether oxygens (including phenoxy) is 2. The summed E-state index contributed by atoms with van der Waals surface area (Å²) in [6.07, 6.45) is 3.91. The fourth-order valence-corrected chi connectivity index (χ4v) is 2.39. The van der Waals surface area contributed by atoms with E-state index < -0.39 is 9.85 Å². The van der Waals surface area contributed by atoms with Crippen LogP contribution >= 0.6 is 0 Å². The highest BCUT2D eigenvalue weighted by molar-refractivity contribution is 5.65. The highest BCUT2D eigenvalue weighted by atomic mass is 16.6. The van der Waals surface area contributed by atoms with Crippen molar-refractivity contribution in [3.63, 3.8) is 0 Å². The zero-order valence-electron chi connectivity index (χ0n) is 16.2. The summed E-state index contributed by atoms with van der Waals surface area (Å²) < 4.78 is 12.6. The van der Waals surface area contributed by atoms with Gasteiger partial charge in [0.2, 0.25) is 0 Å². The number of unbranched alkanes of at least 4 members (excludes halogenated alkanes) is 1. The summed E-state index contributed by atoms with van der Waals surface area (Å²) in [5.41, 5.74) is 0.166. The lowest BCUT2D eigenvalue weighted by Crippen LogP contribution is -2.11. The van der Waals surface area contributed by atoms with E-state index in [0.29, 0.717) is 18.8 Å². The molecule has 1 N–H and O–H groups in total. The lowest BCUT2D eigenvalue weighted by Gasteiger charge is -2.07. The summed E-state index contributed by atoms with van der Waals surface area (Å²) >= 11 is 0. The van der Waals surface area contributed by atoms with Gasteiger partial charge in [0, 0.05) is 19.2 Å². The Hall–Kier alpha value is -3.12. The molecule has 0 saturated carbocycles. The van der Waals surface area contributed by atoms with Crippen molar-refractivity contribution in [3.05, 3.63) is 50.3 Å². The van der Waals surface area contributed by atoms with E-state index >= 15 is 0 Å². The Morgan fingerprint density at radius 3 is 2.69 bits per heavy atom. The molecule has 0 aliphatic rings. The number of hydrogen-bond donors (Lipinski definition) is 1. The van der Waals surface area contributed by atoms with Gasteiger partial charge in [-0.25, -0.2) is 4.68 Å². The molecule has 1 aromatic heterocycles. The topological polar surface area (TPSA) is 147 Å². The van der Waals surface area contributed by atoms with Crippen LogP contribution in [0.4, 0.5) is 17.1 Å². The van der Waals surface area contributed by atoms with Gasteiger partial charge in [0.1, 0.15) is 11.4 Å². The number of nitro benzene ring substituents is 2. The van der Waals surface area contributed by atoms with Gasteiger partial charge in [-0.15, -0.1) is 5.10 Å². The predicted octanol–water partition coefficient (Wildman–Crippen LogP) is 2.54. The number of benzene rings is 1. The molecule has 12 nitrogen and oxygen atoms in total. The molecule has 1 aromatic carbocycles. The van der Waals surface area contributed by atoms with Crippen molar-refractivity contribution in [2.75, 3.05) is 31.7 Å². The van der Waals surface area contributed by atoms with Crippen LogP contribution in [0, 0.1) is 20.2 Å². The molecule has 29 heavy (non-hydrogen) atoms. The summed E-state index contributed by atoms with van der Waals surface area (Å²) in [6, 6.07) is 3.44. The number of rotatable bonds is 14. The zero-order chi connectivity index (χ0) is 21.1. The molecule has 2 rings (SSSR count). The van der Waals surface area contributed by atoms with E-state index in [4.69, 9.17) is 9.47 Å². The van der Waals surface area contributed by atoms with Gasteiger partial charge in [-0.3, -0.25) is 20.2 Å². The molecule has 0 amide bonds. The lowest BCUT2D eigenvalue weighted by atomic mass is 10.2. The molecule has 0 bridgehead atoms. The van der Waals surface area contributed by atoms with Crippen LogP contribution in [0.25, 0.3) is 0 Å². The van der Waals surface area contributed by atoms with Gasteiger partial charge in [0.15, 0.2) is 0 Å². The van der Waals surface area contributed by atoms with E-state index in [2.05, 4.69) is 22.6 Å². The second-order valence-corrected chi connectivity index (χ2v) is 6.13. The molecule has 1 heterocycles. The largest absolute Gasteiger partial charge is 0.380 e. The van der Waals surface area contributed by atoms with Crippen LogP contribution in [0.5, 0.6) is 0 Å². The Bertz CT molecular complexity index is 811. The first-order valence-corrected chi connectivity index (χ1v) is 9.22. The minimum absolute atomic E-state index is 0.193. The molecule has 158 valence electrons. The highest BCUT2D eigenvalue weighted by Gasteiger charge is 2.19. The van der Waals surface area contributed by atoms with Crippen molar-refractivity contribution < 1.29 is 19.3 Å². The monoisotopic (exact) mass is 408 g/mol. The standard InChI is InChI=1S/C17H24N6O6/c1-2-3-8-28-10-7-21-12-14(19-20-21)13-29-9-6-18-16-5-4-15(22(24)25)11-17(16)23(26)27/h4-5,11-12,18H,2-3,6-10,13H2,1H3. The van der Waals surface area contributed by atoms with Crippen molar-refractivity contribution in [2.45, 2.75) is 32.9 Å². The van der Waals surface area contributed by atoms with E-state index in [9.17, 15) is 20.2 Å². The van der Waals surface area contributed by atoms with Gasteiger partial charge in [-0.05, 0) is 12.5 Å². The zero-order valence-corrected chi connectivity index (χ0v) is 16.2. The number of anilines is 1. The minimum Gasteiger partial charge on any atom is -0.380 e. The maximum Gasteiger partial charge on any atom is 0.299 e.